The largest absolute Gasteiger partial charge is 0.477 e. The van der Waals surface area contributed by atoms with Crippen LogP contribution in [0.4, 0.5) is 0 Å². The highest BCUT2D eigenvalue weighted by atomic mass is 16.5. The van der Waals surface area contributed by atoms with Gasteiger partial charge in [-0.3, -0.25) is 0 Å². The first-order chi connectivity index (χ1) is 9.60. The molecule has 4 heteroatoms. The third kappa shape index (κ3) is 1.81. The monoisotopic (exact) mass is 274 g/mol. The van der Waals surface area contributed by atoms with Crippen molar-refractivity contribution >= 4 is 11.9 Å². The molecule has 4 saturated carbocycles. The van der Waals surface area contributed by atoms with Crippen LogP contribution < -0.4 is 0 Å². The number of carboxylic acid groups (broad SMARTS) is 1. The van der Waals surface area contributed by atoms with E-state index >= 15 is 0 Å². The van der Waals surface area contributed by atoms with Gasteiger partial charge >= 0.3 is 11.9 Å². The van der Waals surface area contributed by atoms with Gasteiger partial charge in [-0.15, -0.1) is 0 Å². The SMILES string of the molecule is O=C(O)C1=C/C(=C\C2C3CC4CC(C3)CC2C4)OC1=O. The molecule has 1 heterocycles. The minimum Gasteiger partial charge on any atom is -0.477 e. The van der Waals surface area contributed by atoms with Crippen molar-refractivity contribution < 1.29 is 19.4 Å². The molecular weight excluding hydrogens is 256 g/mol. The molecule has 1 aliphatic heterocycles. The Labute approximate surface area is 117 Å². The maximum absolute atomic E-state index is 11.5. The summed E-state index contributed by atoms with van der Waals surface area (Å²) in [6.07, 6.45) is 10.0. The highest BCUT2D eigenvalue weighted by Gasteiger charge is 2.47. The van der Waals surface area contributed by atoms with E-state index in [0.29, 0.717) is 23.5 Å². The summed E-state index contributed by atoms with van der Waals surface area (Å²) in [5.74, 6) is 2.21. The number of esters is 1. The molecule has 0 unspecified atom stereocenters. The van der Waals surface area contributed by atoms with Crippen LogP contribution in [0.2, 0.25) is 0 Å². The van der Waals surface area contributed by atoms with Gasteiger partial charge in [0.25, 0.3) is 0 Å². The number of aliphatic carboxylic acids is 1. The molecule has 4 bridgehead atoms. The first kappa shape index (κ1) is 12.2. The molecule has 0 aromatic carbocycles. The second-order valence-corrected chi connectivity index (χ2v) is 6.83. The summed E-state index contributed by atoms with van der Waals surface area (Å²) in [5, 5.41) is 8.91. The van der Waals surface area contributed by atoms with E-state index in [2.05, 4.69) is 0 Å². The molecule has 0 amide bonds. The standard InChI is InChI=1S/C16H18O4/c17-15(18)14-7-12(20-16(14)19)6-13-10-2-8-1-9(4-10)5-11(13)3-8/h6-11,13H,1-5H2,(H,17,18)/b12-6+. The zero-order valence-corrected chi connectivity index (χ0v) is 11.2. The molecule has 4 aliphatic carbocycles. The molecule has 4 fully saturated rings. The number of ether oxygens (including phenoxy) is 1. The number of hydrogen-bond donors (Lipinski definition) is 1. The van der Waals surface area contributed by atoms with Crippen molar-refractivity contribution in [2.24, 2.45) is 29.6 Å². The van der Waals surface area contributed by atoms with E-state index in [9.17, 15) is 9.59 Å². The highest BCUT2D eigenvalue weighted by Crippen LogP contribution is 2.57. The minimum absolute atomic E-state index is 0.250. The number of carbonyl (C=O) groups is 2. The van der Waals surface area contributed by atoms with Gasteiger partial charge in [0.2, 0.25) is 0 Å². The summed E-state index contributed by atoms with van der Waals surface area (Å²) >= 11 is 0. The number of carboxylic acids is 1. The van der Waals surface area contributed by atoms with Crippen LogP contribution >= 0.6 is 0 Å². The summed E-state index contributed by atoms with van der Waals surface area (Å²) in [7, 11) is 0. The van der Waals surface area contributed by atoms with Crippen molar-refractivity contribution in [3.63, 3.8) is 0 Å². The van der Waals surface area contributed by atoms with Gasteiger partial charge < -0.3 is 9.84 Å². The Morgan fingerprint density at radius 3 is 2.25 bits per heavy atom. The molecule has 0 atom stereocenters. The average molecular weight is 274 g/mol. The van der Waals surface area contributed by atoms with Gasteiger partial charge in [-0.1, -0.05) is 0 Å². The van der Waals surface area contributed by atoms with Crippen LogP contribution in [-0.4, -0.2) is 17.0 Å². The third-order valence-electron chi connectivity index (χ3n) is 5.60. The summed E-state index contributed by atoms with van der Waals surface area (Å²) in [5.41, 5.74) is -0.250. The molecule has 0 aromatic heterocycles. The van der Waals surface area contributed by atoms with Gasteiger partial charge in [0.15, 0.2) is 0 Å². The number of cyclic esters (lactones) is 1. The molecule has 0 radical (unpaired) electrons. The number of carbonyl (C=O) groups excluding carboxylic acids is 1. The molecule has 0 saturated heterocycles. The predicted molar refractivity (Wildman–Crippen MR) is 70.4 cm³/mol. The van der Waals surface area contributed by atoms with E-state index in [0.717, 1.165) is 11.8 Å². The summed E-state index contributed by atoms with van der Waals surface area (Å²) in [4.78, 5) is 22.4. The van der Waals surface area contributed by atoms with Crippen molar-refractivity contribution in [2.75, 3.05) is 0 Å². The van der Waals surface area contributed by atoms with Crippen molar-refractivity contribution in [2.45, 2.75) is 32.1 Å². The Kier molecular flexibility index (Phi) is 2.56. The molecule has 5 rings (SSSR count). The minimum atomic E-state index is -1.21. The normalized spacial score (nSPS) is 43.8. The Morgan fingerprint density at radius 1 is 1.15 bits per heavy atom. The van der Waals surface area contributed by atoms with Crippen LogP contribution in [0.3, 0.4) is 0 Å². The molecular formula is C16H18O4. The fourth-order valence-corrected chi connectivity index (χ4v) is 5.05. The van der Waals surface area contributed by atoms with Gasteiger partial charge in [0.1, 0.15) is 11.3 Å². The topological polar surface area (TPSA) is 63.6 Å². The van der Waals surface area contributed by atoms with Crippen molar-refractivity contribution in [3.8, 4) is 0 Å². The molecule has 5 aliphatic rings. The van der Waals surface area contributed by atoms with Crippen LogP contribution in [0.5, 0.6) is 0 Å². The van der Waals surface area contributed by atoms with Crippen LogP contribution in [0.1, 0.15) is 32.1 Å². The fraction of sp³-hybridized carbons (Fsp3) is 0.625. The Balaban J connectivity index is 1.59. The average Bonchev–Trinajstić information content (AvgIpc) is 2.74. The predicted octanol–water partition coefficient (Wildman–Crippen LogP) is 2.51. The lowest BCUT2D eigenvalue weighted by atomic mass is 9.52. The van der Waals surface area contributed by atoms with Gasteiger partial charge in [0, 0.05) is 6.08 Å². The molecule has 4 nitrogen and oxygen atoms in total. The Morgan fingerprint density at radius 2 is 1.75 bits per heavy atom. The first-order valence-electron chi connectivity index (χ1n) is 7.49. The molecule has 0 spiro atoms. The summed E-state index contributed by atoms with van der Waals surface area (Å²) < 4.78 is 5.09. The number of rotatable bonds is 2. The van der Waals surface area contributed by atoms with Crippen LogP contribution in [0.25, 0.3) is 0 Å². The summed E-state index contributed by atoms with van der Waals surface area (Å²) in [6.45, 7) is 0. The van der Waals surface area contributed by atoms with E-state index in [1.54, 1.807) is 0 Å². The van der Waals surface area contributed by atoms with Gasteiger partial charge in [0.05, 0.1) is 0 Å². The molecule has 20 heavy (non-hydrogen) atoms. The molecule has 1 N–H and O–H groups in total. The number of hydrogen-bond acceptors (Lipinski definition) is 3. The molecule has 106 valence electrons. The third-order valence-corrected chi connectivity index (χ3v) is 5.60. The first-order valence-corrected chi connectivity index (χ1v) is 7.49. The van der Waals surface area contributed by atoms with E-state index in [1.165, 1.54) is 38.2 Å². The molecule has 0 aromatic rings. The Bertz CT molecular complexity index is 515. The maximum Gasteiger partial charge on any atom is 0.351 e. The van der Waals surface area contributed by atoms with Crippen LogP contribution in [0, 0.1) is 29.6 Å². The maximum atomic E-state index is 11.5. The number of allylic oxidation sites excluding steroid dienone is 2. The lowest BCUT2D eigenvalue weighted by Gasteiger charge is -2.53. The van der Waals surface area contributed by atoms with Gasteiger partial charge in [-0.25, -0.2) is 9.59 Å². The summed E-state index contributed by atoms with van der Waals surface area (Å²) in [6, 6.07) is 0. The van der Waals surface area contributed by atoms with E-state index in [-0.39, 0.29) is 5.57 Å². The van der Waals surface area contributed by atoms with E-state index in [1.807, 2.05) is 6.08 Å². The highest BCUT2D eigenvalue weighted by molar-refractivity contribution is 6.15. The fourth-order valence-electron chi connectivity index (χ4n) is 5.05. The lowest BCUT2D eigenvalue weighted by Crippen LogP contribution is -2.44. The van der Waals surface area contributed by atoms with Gasteiger partial charge in [-0.2, -0.15) is 0 Å². The quantitative estimate of drug-likeness (QED) is 0.620. The van der Waals surface area contributed by atoms with Crippen LogP contribution in [-0.2, 0) is 14.3 Å². The zero-order valence-electron chi connectivity index (χ0n) is 11.2. The van der Waals surface area contributed by atoms with Crippen molar-refractivity contribution in [1.82, 2.24) is 0 Å². The smallest absolute Gasteiger partial charge is 0.351 e. The van der Waals surface area contributed by atoms with Crippen molar-refractivity contribution in [1.29, 1.82) is 0 Å². The Hall–Kier alpha value is -1.58. The van der Waals surface area contributed by atoms with E-state index in [4.69, 9.17) is 9.84 Å². The second kappa shape index (κ2) is 4.21. The zero-order chi connectivity index (χ0) is 13.9. The lowest BCUT2D eigenvalue weighted by molar-refractivity contribution is -0.139. The van der Waals surface area contributed by atoms with Crippen molar-refractivity contribution in [3.05, 3.63) is 23.5 Å². The van der Waals surface area contributed by atoms with E-state index < -0.39 is 11.9 Å². The van der Waals surface area contributed by atoms with Gasteiger partial charge in [-0.05, 0) is 67.8 Å². The second-order valence-electron chi connectivity index (χ2n) is 6.83. The van der Waals surface area contributed by atoms with Crippen LogP contribution in [0.15, 0.2) is 23.5 Å².